The molecule has 0 radical (unpaired) electrons. The van der Waals surface area contributed by atoms with Crippen LogP contribution < -0.4 is 15.0 Å². The van der Waals surface area contributed by atoms with E-state index in [4.69, 9.17) is 16.1 Å². The average molecular weight is 754 g/mol. The summed E-state index contributed by atoms with van der Waals surface area (Å²) in [4.78, 5) is 31.1. The normalized spacial score (nSPS) is 21.4. The summed E-state index contributed by atoms with van der Waals surface area (Å²) in [5.41, 5.74) is -0.938. The predicted octanol–water partition coefficient (Wildman–Crippen LogP) is 6.19. The second-order valence-electron chi connectivity index (χ2n) is 14.8. The number of fused-ring (bicyclic) bond motifs is 4. The maximum absolute atomic E-state index is 17.2. The van der Waals surface area contributed by atoms with E-state index in [1.165, 1.54) is 25.2 Å². The minimum atomic E-state index is -5.03. The summed E-state index contributed by atoms with van der Waals surface area (Å²) in [7, 11) is 1.54. The lowest BCUT2D eigenvalue weighted by atomic mass is 9.95. The number of aromatic nitrogens is 3. The molecule has 16 heteroatoms. The first kappa shape index (κ1) is 36.0. The Bertz CT molecular complexity index is 2190. The Morgan fingerprint density at radius 3 is 2.39 bits per heavy atom. The molecule has 284 valence electrons. The lowest BCUT2D eigenvalue weighted by Crippen LogP contribution is -2.59. The van der Waals surface area contributed by atoms with E-state index in [0.717, 1.165) is 23.8 Å². The molecule has 4 aliphatic rings. The van der Waals surface area contributed by atoms with Gasteiger partial charge in [0.15, 0.2) is 5.82 Å². The van der Waals surface area contributed by atoms with E-state index in [1.807, 2.05) is 0 Å². The summed E-state index contributed by atoms with van der Waals surface area (Å²) in [5.74, 6) is -1.27. The number of alkyl halides is 4. The van der Waals surface area contributed by atoms with E-state index in [2.05, 4.69) is 26.1 Å². The second kappa shape index (κ2) is 13.4. The number of nitrogens with one attached hydrogen (secondary N) is 1. The van der Waals surface area contributed by atoms with E-state index in [1.54, 1.807) is 4.90 Å². The van der Waals surface area contributed by atoms with Gasteiger partial charge in [-0.2, -0.15) is 23.1 Å². The molecule has 54 heavy (non-hydrogen) atoms. The lowest BCUT2D eigenvalue weighted by molar-refractivity contribution is -0.188. The molecule has 0 spiro atoms. The molecule has 2 aromatic heterocycles. The van der Waals surface area contributed by atoms with Crippen LogP contribution in [-0.4, -0.2) is 107 Å². The minimum Gasteiger partial charge on any atom is -0.508 e. The van der Waals surface area contributed by atoms with Gasteiger partial charge in [0.1, 0.15) is 40.6 Å². The van der Waals surface area contributed by atoms with Crippen molar-refractivity contribution in [2.24, 2.45) is 5.41 Å². The molecule has 2 atom stereocenters. The molecule has 2 unspecified atom stereocenters. The largest absolute Gasteiger partial charge is 0.508 e. The molecule has 2 N–H and O–H groups in total. The molecule has 8 rings (SSSR count). The van der Waals surface area contributed by atoms with Crippen molar-refractivity contribution in [3.8, 4) is 35.4 Å². The summed E-state index contributed by atoms with van der Waals surface area (Å²) in [6.45, 7) is 2.09. The Kier molecular flexibility index (Phi) is 8.90. The maximum Gasteiger partial charge on any atom is 0.471 e. The third kappa shape index (κ3) is 6.35. The Hall–Kier alpha value is -5.04. The molecule has 4 fully saturated rings. The summed E-state index contributed by atoms with van der Waals surface area (Å²) in [5, 5.41) is 14.2. The fourth-order valence-corrected chi connectivity index (χ4v) is 8.37. The number of phenols is 1. The van der Waals surface area contributed by atoms with E-state index >= 15 is 8.78 Å². The average Bonchev–Trinajstić information content (AvgIpc) is 3.86. The first-order chi connectivity index (χ1) is 25.8. The number of terminal acetylenes is 1. The van der Waals surface area contributed by atoms with Crippen LogP contribution in [0, 0.1) is 29.4 Å². The first-order valence-electron chi connectivity index (χ1n) is 17.9. The Balaban J connectivity index is 1.24. The fourth-order valence-electron chi connectivity index (χ4n) is 8.37. The van der Waals surface area contributed by atoms with Crippen LogP contribution in [0.1, 0.15) is 44.1 Å². The highest BCUT2D eigenvalue weighted by Crippen LogP contribution is 2.48. The third-order valence-corrected chi connectivity index (χ3v) is 11.2. The predicted molar refractivity (Wildman–Crippen MR) is 189 cm³/mol. The van der Waals surface area contributed by atoms with Gasteiger partial charge in [-0.1, -0.05) is 12.0 Å². The minimum absolute atomic E-state index is 0.00212. The van der Waals surface area contributed by atoms with Gasteiger partial charge in [-0.05, 0) is 62.1 Å². The SMILES string of the molecule is C#Cc1c(F)ccc2cc(O)cc(-c3nc(NC)c4c(N5CC6CCC(C5)N6C(=O)C(F)(F)F)nc(OCC5(CN6CCC(F)CC6)CC5)nc4c3F)c12. The van der Waals surface area contributed by atoms with Crippen molar-refractivity contribution in [3.63, 3.8) is 0 Å². The van der Waals surface area contributed by atoms with Crippen molar-refractivity contribution in [2.45, 2.75) is 63.0 Å². The number of hydrogen-bond donors (Lipinski definition) is 2. The van der Waals surface area contributed by atoms with Crippen molar-refractivity contribution >= 4 is 39.2 Å². The molecule has 1 saturated carbocycles. The summed E-state index contributed by atoms with van der Waals surface area (Å²) in [6.07, 6.45) is 3.16. The lowest BCUT2D eigenvalue weighted by Gasteiger charge is -2.42. The summed E-state index contributed by atoms with van der Waals surface area (Å²) >= 11 is 0. The number of aromatic hydroxyl groups is 1. The standard InChI is InChI=1S/C38H37F6N7O3/c1-3-25-27(40)7-4-20-14-24(52)15-26(28(20)25)31-30(41)32-29(33(45-2)46-31)34(50-16-22-5-6-23(17-50)51(22)35(53)38(42,43)44)48-36(47-32)54-19-37(10-11-37)18-49-12-8-21(39)9-13-49/h1,4,7,14-15,21-23,52H,5-6,8-13,16-19H2,2H3,(H,45,46). The zero-order chi connectivity index (χ0) is 38.1. The summed E-state index contributed by atoms with van der Waals surface area (Å²) in [6, 6.07) is 3.43. The number of benzene rings is 2. The highest BCUT2D eigenvalue weighted by atomic mass is 19.4. The Morgan fingerprint density at radius 1 is 1.06 bits per heavy atom. The molecule has 2 aromatic carbocycles. The molecule has 1 aliphatic carbocycles. The van der Waals surface area contributed by atoms with Crippen LogP contribution in [0.2, 0.25) is 0 Å². The number of ether oxygens (including phenoxy) is 1. The monoisotopic (exact) mass is 753 g/mol. The molecule has 2 bridgehead atoms. The number of phenolic OH excluding ortho intramolecular Hbond substituents is 1. The number of carbonyl (C=O) groups is 1. The van der Waals surface area contributed by atoms with Crippen LogP contribution in [0.5, 0.6) is 11.8 Å². The van der Waals surface area contributed by atoms with Gasteiger partial charge in [-0.15, -0.1) is 6.42 Å². The van der Waals surface area contributed by atoms with Crippen LogP contribution in [0.25, 0.3) is 32.9 Å². The third-order valence-electron chi connectivity index (χ3n) is 11.2. The van der Waals surface area contributed by atoms with Crippen molar-refractivity contribution in [1.82, 2.24) is 24.8 Å². The zero-order valence-electron chi connectivity index (χ0n) is 29.3. The smallest absolute Gasteiger partial charge is 0.471 e. The van der Waals surface area contributed by atoms with E-state index < -0.39 is 42.0 Å². The topological polar surface area (TPSA) is 107 Å². The van der Waals surface area contributed by atoms with E-state index in [0.29, 0.717) is 50.7 Å². The molecule has 1 amide bonds. The quantitative estimate of drug-likeness (QED) is 0.161. The van der Waals surface area contributed by atoms with Crippen molar-refractivity contribution in [1.29, 1.82) is 0 Å². The second-order valence-corrected chi connectivity index (χ2v) is 14.8. The van der Waals surface area contributed by atoms with Crippen molar-refractivity contribution < 1.29 is 41.0 Å². The van der Waals surface area contributed by atoms with Gasteiger partial charge < -0.3 is 29.9 Å². The Morgan fingerprint density at radius 2 is 1.76 bits per heavy atom. The molecule has 3 saturated heterocycles. The van der Waals surface area contributed by atoms with E-state index in [9.17, 15) is 27.5 Å². The zero-order valence-corrected chi connectivity index (χ0v) is 29.3. The van der Waals surface area contributed by atoms with Gasteiger partial charge in [0.2, 0.25) is 0 Å². The van der Waals surface area contributed by atoms with Gasteiger partial charge in [-0.25, -0.2) is 18.2 Å². The highest BCUT2D eigenvalue weighted by molar-refractivity contribution is 6.05. The van der Waals surface area contributed by atoms with Crippen molar-refractivity contribution in [3.05, 3.63) is 41.5 Å². The van der Waals surface area contributed by atoms with Crippen LogP contribution in [0.3, 0.4) is 0 Å². The summed E-state index contributed by atoms with van der Waals surface area (Å²) < 4.78 is 93.0. The van der Waals surface area contributed by atoms with Gasteiger partial charge in [0.25, 0.3) is 0 Å². The molecular weight excluding hydrogens is 716 g/mol. The molecule has 4 aromatic rings. The van der Waals surface area contributed by atoms with Gasteiger partial charge in [-0.3, -0.25) is 4.79 Å². The van der Waals surface area contributed by atoms with Gasteiger partial charge in [0, 0.05) is 56.1 Å². The number of carbonyl (C=O) groups excluding carboxylic acids is 1. The number of piperidine rings is 1. The van der Waals surface area contributed by atoms with Gasteiger partial charge >= 0.3 is 18.1 Å². The number of nitrogens with zero attached hydrogens (tertiary/aromatic N) is 6. The molecular formula is C38H37F6N7O3. The highest BCUT2D eigenvalue weighted by Gasteiger charge is 2.52. The van der Waals surface area contributed by atoms with E-state index in [-0.39, 0.29) is 81.6 Å². The van der Waals surface area contributed by atoms with Gasteiger partial charge in [0.05, 0.1) is 29.6 Å². The van der Waals surface area contributed by atoms with Crippen LogP contribution in [0.4, 0.5) is 38.0 Å². The molecule has 10 nitrogen and oxygen atoms in total. The number of likely N-dealkylation sites (tertiary alicyclic amines) is 1. The van der Waals surface area contributed by atoms with Crippen LogP contribution in [0.15, 0.2) is 24.3 Å². The number of anilines is 2. The number of rotatable bonds is 8. The van der Waals surface area contributed by atoms with Crippen LogP contribution >= 0.6 is 0 Å². The van der Waals surface area contributed by atoms with Crippen molar-refractivity contribution in [2.75, 3.05) is 56.6 Å². The number of piperazine rings is 1. The number of halogens is 6. The number of amides is 1. The number of pyridine rings is 1. The van der Waals surface area contributed by atoms with Crippen LogP contribution in [-0.2, 0) is 4.79 Å². The fraction of sp³-hybridized carbons (Fsp3) is 0.474. The Labute approximate surface area is 306 Å². The first-order valence-corrected chi connectivity index (χ1v) is 17.9. The molecule has 3 aliphatic heterocycles. The maximum atomic E-state index is 17.2. The molecule has 5 heterocycles. The number of hydrogen-bond acceptors (Lipinski definition) is 9.